The Morgan fingerprint density at radius 1 is 1.29 bits per heavy atom. The molecule has 1 amide bonds. The van der Waals surface area contributed by atoms with E-state index in [1.807, 2.05) is 32.0 Å². The molecule has 6 nitrogen and oxygen atoms in total. The summed E-state index contributed by atoms with van der Waals surface area (Å²) >= 11 is 0. The number of pyridine rings is 1. The van der Waals surface area contributed by atoms with Gasteiger partial charge >= 0.3 is 0 Å². The van der Waals surface area contributed by atoms with Gasteiger partial charge in [-0.2, -0.15) is 0 Å². The molecule has 2 aromatic heterocycles. The number of aryl methyl sites for hydroxylation is 2. The highest BCUT2D eigenvalue weighted by Gasteiger charge is 2.24. The first-order valence-corrected chi connectivity index (χ1v) is 8.40. The first kappa shape index (κ1) is 16.5. The topological polar surface area (TPSA) is 77.2 Å². The van der Waals surface area contributed by atoms with Crippen LogP contribution in [0, 0.1) is 13.8 Å². The van der Waals surface area contributed by atoms with Crippen molar-refractivity contribution in [3.8, 4) is 5.88 Å². The Kier molecular flexibility index (Phi) is 5.13. The van der Waals surface area contributed by atoms with Crippen LogP contribution >= 0.6 is 0 Å². The van der Waals surface area contributed by atoms with Crippen LogP contribution in [0.4, 0.5) is 0 Å². The monoisotopic (exact) mass is 329 g/mol. The fraction of sp³-hybridized carbons (Fsp3) is 0.500. The second-order valence-corrected chi connectivity index (χ2v) is 6.31. The molecule has 1 saturated carbocycles. The third-order valence-corrected chi connectivity index (χ3v) is 4.48. The van der Waals surface area contributed by atoms with E-state index in [1.165, 1.54) is 0 Å². The third-order valence-electron chi connectivity index (χ3n) is 4.48. The van der Waals surface area contributed by atoms with Crippen LogP contribution in [0.3, 0.4) is 0 Å². The van der Waals surface area contributed by atoms with E-state index in [2.05, 4.69) is 15.5 Å². The van der Waals surface area contributed by atoms with Gasteiger partial charge in [-0.3, -0.25) is 4.79 Å². The van der Waals surface area contributed by atoms with E-state index in [0.717, 1.165) is 42.7 Å². The SMILES string of the molecule is Cc1noc(C)c1CC(=O)NC1CCC(Oc2ccccn2)CC1. The highest BCUT2D eigenvalue weighted by Crippen LogP contribution is 2.23. The fourth-order valence-electron chi connectivity index (χ4n) is 3.11. The van der Waals surface area contributed by atoms with Crippen molar-refractivity contribution >= 4 is 5.91 Å². The van der Waals surface area contributed by atoms with Crippen molar-refractivity contribution in [3.05, 3.63) is 41.4 Å². The van der Waals surface area contributed by atoms with Crippen molar-refractivity contribution in [1.29, 1.82) is 0 Å². The van der Waals surface area contributed by atoms with Crippen LogP contribution in [0.2, 0.25) is 0 Å². The molecule has 0 spiro atoms. The van der Waals surface area contributed by atoms with Crippen LogP contribution in [0.25, 0.3) is 0 Å². The van der Waals surface area contributed by atoms with Crippen LogP contribution in [-0.2, 0) is 11.2 Å². The smallest absolute Gasteiger partial charge is 0.224 e. The Labute approximate surface area is 141 Å². The summed E-state index contributed by atoms with van der Waals surface area (Å²) in [5.74, 6) is 1.41. The summed E-state index contributed by atoms with van der Waals surface area (Å²) in [6.45, 7) is 3.70. The molecule has 0 saturated heterocycles. The van der Waals surface area contributed by atoms with Gasteiger partial charge in [0.2, 0.25) is 11.8 Å². The van der Waals surface area contributed by atoms with Crippen LogP contribution < -0.4 is 10.1 Å². The number of carbonyl (C=O) groups excluding carboxylic acids is 1. The summed E-state index contributed by atoms with van der Waals surface area (Å²) in [4.78, 5) is 16.4. The molecule has 0 aromatic carbocycles. The molecule has 1 aliphatic carbocycles. The maximum absolute atomic E-state index is 12.2. The summed E-state index contributed by atoms with van der Waals surface area (Å²) in [6.07, 6.45) is 5.92. The van der Waals surface area contributed by atoms with Crippen molar-refractivity contribution in [2.75, 3.05) is 0 Å². The zero-order valence-electron chi connectivity index (χ0n) is 14.1. The van der Waals surface area contributed by atoms with Gasteiger partial charge in [0.05, 0.1) is 12.1 Å². The number of amides is 1. The maximum atomic E-state index is 12.2. The van der Waals surface area contributed by atoms with Gasteiger partial charge in [0.25, 0.3) is 0 Å². The van der Waals surface area contributed by atoms with E-state index in [0.29, 0.717) is 12.3 Å². The molecule has 1 fully saturated rings. The van der Waals surface area contributed by atoms with Gasteiger partial charge in [-0.05, 0) is 45.6 Å². The number of carbonyl (C=O) groups is 1. The summed E-state index contributed by atoms with van der Waals surface area (Å²) in [7, 11) is 0. The van der Waals surface area contributed by atoms with Crippen LogP contribution in [-0.4, -0.2) is 28.2 Å². The Morgan fingerprint density at radius 2 is 2.08 bits per heavy atom. The highest BCUT2D eigenvalue weighted by molar-refractivity contribution is 5.79. The third kappa shape index (κ3) is 4.13. The van der Waals surface area contributed by atoms with Crippen molar-refractivity contribution in [3.63, 3.8) is 0 Å². The highest BCUT2D eigenvalue weighted by atomic mass is 16.5. The zero-order chi connectivity index (χ0) is 16.9. The second-order valence-electron chi connectivity index (χ2n) is 6.31. The second kappa shape index (κ2) is 7.47. The van der Waals surface area contributed by atoms with Gasteiger partial charge in [-0.1, -0.05) is 11.2 Å². The lowest BCUT2D eigenvalue weighted by atomic mass is 9.92. The van der Waals surface area contributed by atoms with E-state index in [-0.39, 0.29) is 18.1 Å². The molecular formula is C18H23N3O3. The molecule has 0 atom stereocenters. The molecule has 128 valence electrons. The largest absolute Gasteiger partial charge is 0.474 e. The minimum atomic E-state index is 0.0264. The van der Waals surface area contributed by atoms with Gasteiger partial charge in [-0.15, -0.1) is 0 Å². The first-order valence-electron chi connectivity index (χ1n) is 8.40. The predicted molar refractivity (Wildman–Crippen MR) is 88.7 cm³/mol. The van der Waals surface area contributed by atoms with E-state index in [9.17, 15) is 4.79 Å². The molecule has 1 aliphatic rings. The minimum Gasteiger partial charge on any atom is -0.474 e. The van der Waals surface area contributed by atoms with Gasteiger partial charge < -0.3 is 14.6 Å². The maximum Gasteiger partial charge on any atom is 0.224 e. The van der Waals surface area contributed by atoms with Crippen LogP contribution in [0.15, 0.2) is 28.9 Å². The standard InChI is InChI=1S/C18H23N3O3/c1-12-16(13(2)24-21-12)11-17(22)20-14-6-8-15(9-7-14)23-18-5-3-4-10-19-18/h3-5,10,14-15H,6-9,11H2,1-2H3,(H,20,22). The first-order chi connectivity index (χ1) is 11.6. The lowest BCUT2D eigenvalue weighted by molar-refractivity contribution is -0.121. The summed E-state index contributed by atoms with van der Waals surface area (Å²) in [6, 6.07) is 5.88. The number of hydrogen-bond donors (Lipinski definition) is 1. The molecule has 2 aromatic rings. The fourth-order valence-corrected chi connectivity index (χ4v) is 3.11. The molecule has 2 heterocycles. The van der Waals surface area contributed by atoms with Crippen molar-refractivity contribution in [1.82, 2.24) is 15.5 Å². The van der Waals surface area contributed by atoms with Crippen molar-refractivity contribution in [2.24, 2.45) is 0 Å². The van der Waals surface area contributed by atoms with Gasteiger partial charge in [0, 0.05) is 23.9 Å². The van der Waals surface area contributed by atoms with Crippen molar-refractivity contribution in [2.45, 2.75) is 58.1 Å². The molecule has 0 radical (unpaired) electrons. The molecule has 0 unspecified atom stereocenters. The van der Waals surface area contributed by atoms with E-state index in [4.69, 9.17) is 9.26 Å². The summed E-state index contributed by atoms with van der Waals surface area (Å²) in [5.41, 5.74) is 1.68. The molecule has 6 heteroatoms. The Hall–Kier alpha value is -2.37. The Bertz CT molecular complexity index is 657. The summed E-state index contributed by atoms with van der Waals surface area (Å²) in [5, 5.41) is 7.00. The van der Waals surface area contributed by atoms with Crippen LogP contribution in [0.1, 0.15) is 42.7 Å². The van der Waals surface area contributed by atoms with Gasteiger partial charge in [0.15, 0.2) is 0 Å². The van der Waals surface area contributed by atoms with E-state index >= 15 is 0 Å². The van der Waals surface area contributed by atoms with Crippen molar-refractivity contribution < 1.29 is 14.1 Å². The predicted octanol–water partition coefficient (Wildman–Crippen LogP) is 2.74. The number of aromatic nitrogens is 2. The minimum absolute atomic E-state index is 0.0264. The average molecular weight is 329 g/mol. The molecule has 3 rings (SSSR count). The molecular weight excluding hydrogens is 306 g/mol. The number of nitrogens with one attached hydrogen (secondary N) is 1. The van der Waals surface area contributed by atoms with Gasteiger partial charge in [-0.25, -0.2) is 4.98 Å². The molecule has 0 aliphatic heterocycles. The zero-order valence-corrected chi connectivity index (χ0v) is 14.1. The number of rotatable bonds is 5. The summed E-state index contributed by atoms with van der Waals surface area (Å²) < 4.78 is 11.0. The van der Waals surface area contributed by atoms with Gasteiger partial charge in [0.1, 0.15) is 11.9 Å². The van der Waals surface area contributed by atoms with Crippen LogP contribution in [0.5, 0.6) is 5.88 Å². The lowest BCUT2D eigenvalue weighted by Gasteiger charge is -2.29. The van der Waals surface area contributed by atoms with E-state index in [1.54, 1.807) is 6.20 Å². The number of nitrogens with zero attached hydrogens (tertiary/aromatic N) is 2. The Balaban J connectivity index is 1.44. The lowest BCUT2D eigenvalue weighted by Crippen LogP contribution is -2.40. The number of ether oxygens (including phenoxy) is 1. The molecule has 24 heavy (non-hydrogen) atoms. The van der Waals surface area contributed by atoms with E-state index < -0.39 is 0 Å². The molecule has 1 N–H and O–H groups in total. The average Bonchev–Trinajstić information content (AvgIpc) is 2.89. The normalized spacial score (nSPS) is 20.6. The number of hydrogen-bond acceptors (Lipinski definition) is 5. The Morgan fingerprint density at radius 3 is 2.71 bits per heavy atom. The molecule has 0 bridgehead atoms. The quantitative estimate of drug-likeness (QED) is 0.912.